The summed E-state index contributed by atoms with van der Waals surface area (Å²) in [4.78, 5) is 2.63. The molecule has 8 aromatic carbocycles. The summed E-state index contributed by atoms with van der Waals surface area (Å²) >= 11 is 1.87. The van der Waals surface area contributed by atoms with Crippen molar-refractivity contribution in [1.29, 1.82) is 0 Å². The van der Waals surface area contributed by atoms with E-state index in [0.717, 1.165) is 16.6 Å². The van der Waals surface area contributed by atoms with Crippen LogP contribution in [0.15, 0.2) is 172 Å². The van der Waals surface area contributed by atoms with Crippen molar-refractivity contribution in [3.8, 4) is 44.5 Å². The molecule has 0 saturated heterocycles. The number of hydrogen-bond donors (Lipinski definition) is 0. The van der Waals surface area contributed by atoms with Crippen molar-refractivity contribution >= 4 is 55.2 Å². The minimum absolute atomic E-state index is 0.910. The Hall–Kier alpha value is -5.57. The number of furan rings is 1. The fourth-order valence-corrected chi connectivity index (χ4v) is 8.45. The summed E-state index contributed by atoms with van der Waals surface area (Å²) in [6, 6.07) is 57.3. The molecule has 0 N–H and O–H groups in total. The van der Waals surface area contributed by atoms with Gasteiger partial charge in [-0.05, 0) is 109 Å². The fraction of sp³-hybridized carbons (Fsp3) is 0. The van der Waals surface area contributed by atoms with Crippen LogP contribution in [0.2, 0.25) is 0 Å². The highest BCUT2D eigenvalue weighted by Crippen LogP contribution is 2.49. The van der Waals surface area contributed by atoms with Gasteiger partial charge in [-0.2, -0.15) is 0 Å². The zero-order valence-corrected chi connectivity index (χ0v) is 25.6. The van der Waals surface area contributed by atoms with Gasteiger partial charge in [-0.1, -0.05) is 121 Å². The van der Waals surface area contributed by atoms with E-state index in [-0.39, 0.29) is 0 Å². The van der Waals surface area contributed by atoms with Gasteiger partial charge in [0.2, 0.25) is 0 Å². The summed E-state index contributed by atoms with van der Waals surface area (Å²) in [5.41, 5.74) is 11.6. The second-order valence-electron chi connectivity index (χ2n) is 12.1. The van der Waals surface area contributed by atoms with Crippen LogP contribution >= 0.6 is 11.8 Å². The summed E-state index contributed by atoms with van der Waals surface area (Å²) < 4.78 is 6.47. The summed E-state index contributed by atoms with van der Waals surface area (Å²) in [6.07, 6.45) is 0. The zero-order valence-electron chi connectivity index (χ0n) is 24.8. The molecule has 0 saturated carbocycles. The van der Waals surface area contributed by atoms with E-state index in [4.69, 9.17) is 4.42 Å². The molecule has 1 aromatic heterocycles. The van der Waals surface area contributed by atoms with Crippen molar-refractivity contribution in [2.45, 2.75) is 9.79 Å². The van der Waals surface area contributed by atoms with Crippen molar-refractivity contribution in [1.82, 2.24) is 0 Å². The topological polar surface area (TPSA) is 13.1 Å². The van der Waals surface area contributed by atoms with E-state index in [1.165, 1.54) is 81.2 Å². The minimum Gasteiger partial charge on any atom is -0.456 e. The van der Waals surface area contributed by atoms with Gasteiger partial charge in [0.15, 0.2) is 0 Å². The summed E-state index contributed by atoms with van der Waals surface area (Å²) in [5, 5.41) is 7.41. The Bertz CT molecular complexity index is 2660. The van der Waals surface area contributed by atoms with Crippen LogP contribution in [0.3, 0.4) is 0 Å². The standard InChI is InChI=1S/C44H26OS/c1-2-9-27(10-3-1)31-23-32(30-20-22-40-37(26-30)36-16-6-12-29-13-7-18-41(46-40)42(29)36)25-33(24-31)35-15-8-17-38-44(35)43-34-14-5-4-11-28(34)19-21-39(43)45-38/h1-26H. The maximum absolute atomic E-state index is 6.47. The molecule has 0 amide bonds. The zero-order chi connectivity index (χ0) is 30.2. The van der Waals surface area contributed by atoms with Crippen LogP contribution in [0.4, 0.5) is 0 Å². The van der Waals surface area contributed by atoms with Gasteiger partial charge in [-0.15, -0.1) is 0 Å². The number of hydrogen-bond acceptors (Lipinski definition) is 2. The molecular formula is C44H26OS. The lowest BCUT2D eigenvalue weighted by Gasteiger charge is -2.21. The molecule has 2 heteroatoms. The Kier molecular flexibility index (Phi) is 5.58. The van der Waals surface area contributed by atoms with Crippen molar-refractivity contribution < 1.29 is 4.42 Å². The van der Waals surface area contributed by atoms with Crippen LogP contribution < -0.4 is 0 Å². The van der Waals surface area contributed by atoms with Gasteiger partial charge in [0.25, 0.3) is 0 Å². The Morgan fingerprint density at radius 2 is 1.07 bits per heavy atom. The molecule has 0 fully saturated rings. The monoisotopic (exact) mass is 602 g/mol. The van der Waals surface area contributed by atoms with Crippen molar-refractivity contribution in [2.75, 3.05) is 0 Å². The van der Waals surface area contributed by atoms with Gasteiger partial charge >= 0.3 is 0 Å². The van der Waals surface area contributed by atoms with Crippen LogP contribution in [0.1, 0.15) is 0 Å². The molecule has 0 aliphatic carbocycles. The first kappa shape index (κ1) is 25.7. The maximum atomic E-state index is 6.47. The van der Waals surface area contributed by atoms with Gasteiger partial charge < -0.3 is 4.42 Å². The molecular weight excluding hydrogens is 577 g/mol. The summed E-state index contributed by atoms with van der Waals surface area (Å²) in [5.74, 6) is 0. The molecule has 0 unspecified atom stereocenters. The first-order chi connectivity index (χ1) is 22.8. The Labute approximate surface area is 270 Å². The lowest BCUT2D eigenvalue weighted by molar-refractivity contribution is 0.669. The number of fused-ring (bicyclic) bond motifs is 7. The van der Waals surface area contributed by atoms with Gasteiger partial charge in [0, 0.05) is 25.9 Å². The lowest BCUT2D eigenvalue weighted by atomic mass is 9.90. The largest absolute Gasteiger partial charge is 0.456 e. The van der Waals surface area contributed by atoms with Gasteiger partial charge in [0.05, 0.1) is 0 Å². The van der Waals surface area contributed by atoms with E-state index in [9.17, 15) is 0 Å². The van der Waals surface area contributed by atoms with Gasteiger partial charge in [-0.25, -0.2) is 0 Å². The summed E-state index contributed by atoms with van der Waals surface area (Å²) in [7, 11) is 0. The van der Waals surface area contributed by atoms with E-state index in [2.05, 4.69) is 158 Å². The van der Waals surface area contributed by atoms with Crippen LogP contribution in [0.5, 0.6) is 0 Å². The molecule has 46 heavy (non-hydrogen) atoms. The predicted molar refractivity (Wildman–Crippen MR) is 195 cm³/mol. The highest BCUT2D eigenvalue weighted by molar-refractivity contribution is 7.99. The highest BCUT2D eigenvalue weighted by Gasteiger charge is 2.21. The number of benzene rings is 8. The quantitative estimate of drug-likeness (QED) is 0.200. The molecule has 0 bridgehead atoms. The SMILES string of the molecule is c1ccc(-c2cc(-c3ccc4c(c3)-c3cccc5cccc(c35)S4)cc(-c3cccc4oc5ccc6ccccc6c5c34)c2)cc1. The molecule has 1 nitrogen and oxygen atoms in total. The van der Waals surface area contributed by atoms with E-state index in [1.54, 1.807) is 0 Å². The molecule has 0 spiro atoms. The van der Waals surface area contributed by atoms with E-state index < -0.39 is 0 Å². The van der Waals surface area contributed by atoms with Gasteiger partial charge in [-0.3, -0.25) is 0 Å². The molecule has 214 valence electrons. The Morgan fingerprint density at radius 1 is 0.348 bits per heavy atom. The van der Waals surface area contributed by atoms with Crippen LogP contribution in [0.25, 0.3) is 88.0 Å². The second kappa shape index (κ2) is 9.97. The smallest absolute Gasteiger partial charge is 0.136 e. The molecule has 1 aliphatic heterocycles. The molecule has 2 heterocycles. The van der Waals surface area contributed by atoms with Crippen LogP contribution in [0, 0.1) is 0 Å². The van der Waals surface area contributed by atoms with Crippen LogP contribution in [-0.4, -0.2) is 0 Å². The first-order valence-electron chi connectivity index (χ1n) is 15.7. The first-order valence-corrected chi connectivity index (χ1v) is 16.5. The van der Waals surface area contributed by atoms with Crippen molar-refractivity contribution in [2.24, 2.45) is 0 Å². The average molecular weight is 603 g/mol. The normalized spacial score (nSPS) is 12.3. The van der Waals surface area contributed by atoms with E-state index in [1.807, 2.05) is 11.8 Å². The molecule has 1 aliphatic rings. The highest BCUT2D eigenvalue weighted by atomic mass is 32.2. The number of rotatable bonds is 3. The third-order valence-electron chi connectivity index (χ3n) is 9.43. The van der Waals surface area contributed by atoms with E-state index >= 15 is 0 Å². The van der Waals surface area contributed by atoms with Gasteiger partial charge in [0.1, 0.15) is 11.2 Å². The molecule has 9 aromatic rings. The lowest BCUT2D eigenvalue weighted by Crippen LogP contribution is -1.94. The third kappa shape index (κ3) is 3.90. The second-order valence-corrected chi connectivity index (χ2v) is 13.2. The average Bonchev–Trinajstić information content (AvgIpc) is 3.52. The minimum atomic E-state index is 0.910. The third-order valence-corrected chi connectivity index (χ3v) is 10.6. The predicted octanol–water partition coefficient (Wildman–Crippen LogP) is 13.0. The Morgan fingerprint density at radius 3 is 1.98 bits per heavy atom. The van der Waals surface area contributed by atoms with Crippen molar-refractivity contribution in [3.05, 3.63) is 158 Å². The van der Waals surface area contributed by atoms with Crippen molar-refractivity contribution in [3.63, 3.8) is 0 Å². The fourth-order valence-electron chi connectivity index (χ4n) is 7.32. The van der Waals surface area contributed by atoms with Crippen LogP contribution in [-0.2, 0) is 0 Å². The molecule has 0 atom stereocenters. The maximum Gasteiger partial charge on any atom is 0.136 e. The molecule has 10 rings (SSSR count). The molecule has 0 radical (unpaired) electrons. The summed E-state index contributed by atoms with van der Waals surface area (Å²) in [6.45, 7) is 0. The Balaban J connectivity index is 1.23. The van der Waals surface area contributed by atoms with E-state index in [0.29, 0.717) is 0 Å².